The summed E-state index contributed by atoms with van der Waals surface area (Å²) in [6.07, 6.45) is 1.69. The highest BCUT2D eigenvalue weighted by Gasteiger charge is 2.25. The number of aryl methyl sites for hydroxylation is 4. The van der Waals surface area contributed by atoms with E-state index in [2.05, 4.69) is 15.7 Å². The van der Waals surface area contributed by atoms with E-state index in [0.29, 0.717) is 32.6 Å². The second-order valence-corrected chi connectivity index (χ2v) is 9.59. The lowest BCUT2D eigenvalue weighted by molar-refractivity contribution is 0.629. The highest BCUT2D eigenvalue weighted by Crippen LogP contribution is 2.41. The SMILES string of the molecule is Cc1ccc(C)n1-c1nc2c(-c3cnn(C)c3-c3c(F)cc4ccccc4c3C#N)ccc(Cl)c2n1C. The minimum absolute atomic E-state index is 0.215. The summed E-state index contributed by atoms with van der Waals surface area (Å²) in [7, 11) is 3.68. The molecule has 0 saturated heterocycles. The fraction of sp³-hybridized carbons (Fsp3) is 0.138. The number of aromatic nitrogens is 5. The molecule has 182 valence electrons. The number of fused-ring (bicyclic) bond motifs is 2. The summed E-state index contributed by atoms with van der Waals surface area (Å²) in [6.45, 7) is 4.06. The Labute approximate surface area is 217 Å². The van der Waals surface area contributed by atoms with Gasteiger partial charge in [-0.2, -0.15) is 10.4 Å². The maximum Gasteiger partial charge on any atom is 0.215 e. The van der Waals surface area contributed by atoms with Crippen molar-refractivity contribution in [2.45, 2.75) is 13.8 Å². The largest absolute Gasteiger partial charge is 0.311 e. The van der Waals surface area contributed by atoms with Crippen LogP contribution < -0.4 is 0 Å². The van der Waals surface area contributed by atoms with Gasteiger partial charge in [0.25, 0.3) is 0 Å². The van der Waals surface area contributed by atoms with Crippen LogP contribution in [-0.2, 0) is 14.1 Å². The average molecular weight is 509 g/mol. The van der Waals surface area contributed by atoms with Crippen LogP contribution >= 0.6 is 11.6 Å². The van der Waals surface area contributed by atoms with Gasteiger partial charge in [-0.05, 0) is 43.5 Å². The number of rotatable bonds is 3. The first-order valence-electron chi connectivity index (χ1n) is 11.8. The van der Waals surface area contributed by atoms with Crippen LogP contribution in [0.15, 0.2) is 60.8 Å². The van der Waals surface area contributed by atoms with Crippen LogP contribution in [0.1, 0.15) is 17.0 Å². The van der Waals surface area contributed by atoms with Gasteiger partial charge >= 0.3 is 0 Å². The molecule has 0 aliphatic carbocycles. The van der Waals surface area contributed by atoms with Crippen LogP contribution in [0.4, 0.5) is 4.39 Å². The van der Waals surface area contributed by atoms with Crippen LogP contribution in [0.25, 0.3) is 50.1 Å². The molecule has 6 aromatic rings. The Hall–Kier alpha value is -4.41. The minimum Gasteiger partial charge on any atom is -0.311 e. The first-order valence-corrected chi connectivity index (χ1v) is 12.1. The molecular weight excluding hydrogens is 487 g/mol. The molecule has 6 nitrogen and oxygen atoms in total. The summed E-state index contributed by atoms with van der Waals surface area (Å²) in [5.41, 5.74) is 5.94. The maximum atomic E-state index is 15.7. The molecule has 0 amide bonds. The molecule has 0 atom stereocenters. The zero-order chi connectivity index (χ0) is 26.0. The smallest absolute Gasteiger partial charge is 0.215 e. The number of hydrogen-bond donors (Lipinski definition) is 0. The first-order chi connectivity index (χ1) is 17.8. The summed E-state index contributed by atoms with van der Waals surface area (Å²) in [4.78, 5) is 5.02. The summed E-state index contributed by atoms with van der Waals surface area (Å²) < 4.78 is 21.3. The van der Waals surface area contributed by atoms with Crippen molar-refractivity contribution in [2.75, 3.05) is 0 Å². The molecule has 37 heavy (non-hydrogen) atoms. The summed E-state index contributed by atoms with van der Waals surface area (Å²) in [6, 6.07) is 18.8. The lowest BCUT2D eigenvalue weighted by Crippen LogP contribution is -2.06. The van der Waals surface area contributed by atoms with Crippen LogP contribution in [0.2, 0.25) is 5.02 Å². The second kappa shape index (κ2) is 8.32. The van der Waals surface area contributed by atoms with Gasteiger partial charge < -0.3 is 4.57 Å². The predicted octanol–water partition coefficient (Wildman–Crippen LogP) is 6.87. The Morgan fingerprint density at radius 2 is 1.70 bits per heavy atom. The molecule has 3 aromatic carbocycles. The molecule has 0 N–H and O–H groups in total. The topological polar surface area (TPSA) is 64.4 Å². The van der Waals surface area contributed by atoms with Gasteiger partial charge in [0.05, 0.1) is 33.6 Å². The zero-order valence-corrected chi connectivity index (χ0v) is 21.5. The van der Waals surface area contributed by atoms with E-state index >= 15 is 4.39 Å². The standard InChI is InChI=1S/C29H22ClFN6/c1-16-9-10-17(2)37(16)29-34-26-20(11-12-23(30)28(26)35(29)3)22-15-33-36(4)27(22)25-21(14-32)19-8-6-5-7-18(19)13-24(25)31/h5-13,15H,1-4H3. The number of halogens is 2. The molecule has 8 heteroatoms. The van der Waals surface area contributed by atoms with Gasteiger partial charge in [0.15, 0.2) is 0 Å². The molecule has 0 bridgehead atoms. The van der Waals surface area contributed by atoms with E-state index in [0.717, 1.165) is 28.4 Å². The lowest BCUT2D eigenvalue weighted by atomic mass is 9.93. The summed E-state index contributed by atoms with van der Waals surface area (Å²) in [5.74, 6) is 0.245. The third-order valence-corrected chi connectivity index (χ3v) is 7.30. The number of imidazole rings is 1. The molecule has 0 unspecified atom stereocenters. The van der Waals surface area contributed by atoms with Crippen molar-refractivity contribution < 1.29 is 4.39 Å². The Kier molecular flexibility index (Phi) is 5.18. The van der Waals surface area contributed by atoms with E-state index in [1.165, 1.54) is 6.07 Å². The highest BCUT2D eigenvalue weighted by molar-refractivity contribution is 6.35. The van der Waals surface area contributed by atoms with Gasteiger partial charge in [-0.3, -0.25) is 9.25 Å². The van der Waals surface area contributed by atoms with Crippen molar-refractivity contribution in [3.63, 3.8) is 0 Å². The zero-order valence-electron chi connectivity index (χ0n) is 20.7. The van der Waals surface area contributed by atoms with Crippen LogP contribution in [0, 0.1) is 31.0 Å². The lowest BCUT2D eigenvalue weighted by Gasteiger charge is -2.13. The highest BCUT2D eigenvalue weighted by atomic mass is 35.5. The van der Waals surface area contributed by atoms with Gasteiger partial charge in [0, 0.05) is 42.0 Å². The van der Waals surface area contributed by atoms with Gasteiger partial charge in [0.1, 0.15) is 17.4 Å². The Morgan fingerprint density at radius 1 is 0.973 bits per heavy atom. The van der Waals surface area contributed by atoms with Gasteiger partial charge in [-0.15, -0.1) is 0 Å². The molecular formula is C29H22ClFN6. The molecule has 0 aliphatic rings. The molecule has 0 spiro atoms. The van der Waals surface area contributed by atoms with Crippen molar-refractivity contribution in [2.24, 2.45) is 14.1 Å². The quantitative estimate of drug-likeness (QED) is 0.262. The average Bonchev–Trinajstić information content (AvgIpc) is 3.53. The van der Waals surface area contributed by atoms with E-state index in [9.17, 15) is 5.26 Å². The van der Waals surface area contributed by atoms with Gasteiger partial charge in [0.2, 0.25) is 5.95 Å². The Balaban J connectivity index is 1.68. The van der Waals surface area contributed by atoms with E-state index in [4.69, 9.17) is 16.6 Å². The van der Waals surface area contributed by atoms with E-state index in [1.807, 2.05) is 67.9 Å². The van der Waals surface area contributed by atoms with E-state index < -0.39 is 5.82 Å². The number of nitrogens with zero attached hydrogens (tertiary/aromatic N) is 6. The second-order valence-electron chi connectivity index (χ2n) is 9.19. The summed E-state index contributed by atoms with van der Waals surface area (Å²) >= 11 is 6.68. The fourth-order valence-corrected chi connectivity index (χ4v) is 5.53. The van der Waals surface area contributed by atoms with Crippen LogP contribution in [0.3, 0.4) is 0 Å². The number of nitriles is 1. The van der Waals surface area contributed by atoms with Crippen molar-refractivity contribution in [3.8, 4) is 34.4 Å². The van der Waals surface area contributed by atoms with E-state index in [-0.39, 0.29) is 11.1 Å². The van der Waals surface area contributed by atoms with Crippen molar-refractivity contribution >= 4 is 33.4 Å². The van der Waals surface area contributed by atoms with Gasteiger partial charge in [-0.1, -0.05) is 41.9 Å². The molecule has 3 heterocycles. The molecule has 0 radical (unpaired) electrons. The number of hydrogen-bond acceptors (Lipinski definition) is 3. The van der Waals surface area contributed by atoms with Crippen LogP contribution in [-0.4, -0.2) is 23.9 Å². The number of benzene rings is 3. The normalized spacial score (nSPS) is 11.5. The first kappa shape index (κ1) is 23.0. The maximum absolute atomic E-state index is 15.7. The Morgan fingerprint density at radius 3 is 2.43 bits per heavy atom. The van der Waals surface area contributed by atoms with Crippen LogP contribution in [0.5, 0.6) is 0 Å². The Bertz CT molecular complexity index is 1900. The van der Waals surface area contributed by atoms with Crippen molar-refractivity contribution in [3.05, 3.63) is 88.6 Å². The minimum atomic E-state index is -0.481. The van der Waals surface area contributed by atoms with E-state index in [1.54, 1.807) is 24.0 Å². The van der Waals surface area contributed by atoms with Gasteiger partial charge in [-0.25, -0.2) is 9.37 Å². The monoisotopic (exact) mass is 508 g/mol. The molecule has 6 rings (SSSR count). The van der Waals surface area contributed by atoms with Crippen molar-refractivity contribution in [1.29, 1.82) is 5.26 Å². The third kappa shape index (κ3) is 3.30. The fourth-order valence-electron chi connectivity index (χ4n) is 5.26. The third-order valence-electron chi connectivity index (χ3n) is 7.00. The molecule has 3 aromatic heterocycles. The summed E-state index contributed by atoms with van der Waals surface area (Å²) in [5, 5.41) is 16.5. The molecule has 0 saturated carbocycles. The predicted molar refractivity (Wildman–Crippen MR) is 144 cm³/mol. The molecule has 0 fully saturated rings. The van der Waals surface area contributed by atoms with Crippen molar-refractivity contribution in [1.82, 2.24) is 23.9 Å². The molecule has 0 aliphatic heterocycles.